The van der Waals surface area contributed by atoms with Gasteiger partial charge in [-0.2, -0.15) is 0 Å². The van der Waals surface area contributed by atoms with Gasteiger partial charge in [-0.3, -0.25) is 0 Å². The summed E-state index contributed by atoms with van der Waals surface area (Å²) in [5.41, 5.74) is 5.29. The minimum atomic E-state index is -1.01. The van der Waals surface area contributed by atoms with Gasteiger partial charge in [-0.25, -0.2) is 0 Å². The van der Waals surface area contributed by atoms with Gasteiger partial charge in [-0.05, 0) is 6.92 Å². The molecule has 0 aliphatic heterocycles. The zero-order valence-electron chi connectivity index (χ0n) is 5.90. The van der Waals surface area contributed by atoms with E-state index in [1.165, 1.54) is 6.92 Å². The lowest BCUT2D eigenvalue weighted by atomic mass is 10.1. The van der Waals surface area contributed by atoms with Crippen molar-refractivity contribution in [2.75, 3.05) is 0 Å². The number of carbonyl (C=O) groups excluding carboxylic acids is 1. The molecule has 0 aromatic rings. The van der Waals surface area contributed by atoms with Gasteiger partial charge in [0.15, 0.2) is 0 Å². The standard InChI is InChI=1S/C6H13NO3/c1-4(9)6(10)5(7)2-3-8/h3-6,9-10H,2,7H2,1H3/t4?,5-,6-/m1/s1. The molecule has 60 valence electrons. The van der Waals surface area contributed by atoms with Gasteiger partial charge in [-0.15, -0.1) is 0 Å². The van der Waals surface area contributed by atoms with Crippen LogP contribution in [0.2, 0.25) is 0 Å². The molecule has 0 spiro atoms. The van der Waals surface area contributed by atoms with E-state index in [4.69, 9.17) is 15.9 Å². The van der Waals surface area contributed by atoms with E-state index in [2.05, 4.69) is 0 Å². The third kappa shape index (κ3) is 2.91. The molecular formula is C6H13NO3. The summed E-state index contributed by atoms with van der Waals surface area (Å²) in [6.07, 6.45) is -1.19. The van der Waals surface area contributed by atoms with E-state index >= 15 is 0 Å². The highest BCUT2D eigenvalue weighted by atomic mass is 16.3. The maximum atomic E-state index is 9.87. The van der Waals surface area contributed by atoms with Crippen molar-refractivity contribution in [1.29, 1.82) is 0 Å². The molecule has 0 bridgehead atoms. The Morgan fingerprint density at radius 2 is 2.10 bits per heavy atom. The van der Waals surface area contributed by atoms with Crippen molar-refractivity contribution in [2.45, 2.75) is 31.6 Å². The van der Waals surface area contributed by atoms with Crippen molar-refractivity contribution in [3.63, 3.8) is 0 Å². The number of hydrogen-bond donors (Lipinski definition) is 3. The summed E-state index contributed by atoms with van der Waals surface area (Å²) in [5, 5.41) is 17.8. The molecule has 0 saturated carbocycles. The van der Waals surface area contributed by atoms with Crippen LogP contribution < -0.4 is 5.73 Å². The number of aldehydes is 1. The average molecular weight is 147 g/mol. The smallest absolute Gasteiger partial charge is 0.121 e. The Morgan fingerprint density at radius 1 is 1.60 bits per heavy atom. The summed E-state index contributed by atoms with van der Waals surface area (Å²) in [6.45, 7) is 1.43. The highest BCUT2D eigenvalue weighted by Crippen LogP contribution is 1.98. The Kier molecular flexibility index (Phi) is 4.18. The topological polar surface area (TPSA) is 83.6 Å². The predicted molar refractivity (Wildman–Crippen MR) is 36.3 cm³/mol. The summed E-state index contributed by atoms with van der Waals surface area (Å²) in [6, 6.07) is -0.655. The van der Waals surface area contributed by atoms with Gasteiger partial charge in [0.2, 0.25) is 0 Å². The first-order chi connectivity index (χ1) is 4.59. The van der Waals surface area contributed by atoms with Crippen LogP contribution in [0.25, 0.3) is 0 Å². The minimum Gasteiger partial charge on any atom is -0.391 e. The van der Waals surface area contributed by atoms with Crippen LogP contribution in [0.3, 0.4) is 0 Å². The van der Waals surface area contributed by atoms with Gasteiger partial charge >= 0.3 is 0 Å². The Balaban J connectivity index is 3.68. The van der Waals surface area contributed by atoms with Crippen LogP contribution in [0.15, 0.2) is 0 Å². The van der Waals surface area contributed by atoms with E-state index < -0.39 is 18.2 Å². The SMILES string of the molecule is CC(O)[C@@H](O)[C@H](N)CC=O. The molecule has 0 saturated heterocycles. The molecule has 1 unspecified atom stereocenters. The molecule has 0 radical (unpaired) electrons. The molecule has 4 heteroatoms. The lowest BCUT2D eigenvalue weighted by molar-refractivity contribution is -0.109. The molecule has 10 heavy (non-hydrogen) atoms. The molecule has 0 amide bonds. The van der Waals surface area contributed by atoms with Crippen molar-refractivity contribution < 1.29 is 15.0 Å². The molecule has 4 nitrogen and oxygen atoms in total. The molecular weight excluding hydrogens is 134 g/mol. The number of nitrogens with two attached hydrogens (primary N) is 1. The first kappa shape index (κ1) is 9.55. The van der Waals surface area contributed by atoms with Crippen LogP contribution in [0.4, 0.5) is 0 Å². The Hall–Kier alpha value is -0.450. The summed E-state index contributed by atoms with van der Waals surface area (Å²) >= 11 is 0. The number of aliphatic hydroxyl groups is 2. The molecule has 4 N–H and O–H groups in total. The lowest BCUT2D eigenvalue weighted by Crippen LogP contribution is -2.41. The van der Waals surface area contributed by atoms with Crippen LogP contribution in [0, 0.1) is 0 Å². The van der Waals surface area contributed by atoms with Gasteiger partial charge < -0.3 is 20.7 Å². The Labute approximate surface area is 59.7 Å². The second-order valence-electron chi connectivity index (χ2n) is 2.30. The molecule has 0 heterocycles. The highest BCUT2D eigenvalue weighted by molar-refractivity contribution is 5.50. The first-order valence-corrected chi connectivity index (χ1v) is 3.15. The van der Waals surface area contributed by atoms with Crippen LogP contribution in [0.5, 0.6) is 0 Å². The van der Waals surface area contributed by atoms with Gasteiger partial charge in [-0.1, -0.05) is 0 Å². The van der Waals surface area contributed by atoms with Crippen molar-refractivity contribution in [1.82, 2.24) is 0 Å². The second kappa shape index (κ2) is 4.38. The molecule has 0 aromatic heterocycles. The molecule has 0 aromatic carbocycles. The van der Waals surface area contributed by atoms with Gasteiger partial charge in [0.05, 0.1) is 12.2 Å². The fourth-order valence-electron chi connectivity index (χ4n) is 0.608. The minimum absolute atomic E-state index is 0.0755. The molecule has 0 aliphatic rings. The zero-order valence-corrected chi connectivity index (χ0v) is 5.90. The van der Waals surface area contributed by atoms with Gasteiger partial charge in [0.25, 0.3) is 0 Å². The monoisotopic (exact) mass is 147 g/mol. The molecule has 0 rings (SSSR count). The van der Waals surface area contributed by atoms with E-state index in [1.807, 2.05) is 0 Å². The van der Waals surface area contributed by atoms with Crippen LogP contribution in [-0.2, 0) is 4.79 Å². The van der Waals surface area contributed by atoms with Crippen LogP contribution >= 0.6 is 0 Å². The first-order valence-electron chi connectivity index (χ1n) is 3.15. The van der Waals surface area contributed by atoms with E-state index in [1.54, 1.807) is 0 Å². The van der Waals surface area contributed by atoms with E-state index in [0.29, 0.717) is 6.29 Å². The predicted octanol–water partition coefficient (Wildman–Crippen LogP) is -1.36. The quantitative estimate of drug-likeness (QED) is 0.429. The summed E-state index contributed by atoms with van der Waals surface area (Å²) in [4.78, 5) is 9.87. The zero-order chi connectivity index (χ0) is 8.15. The highest BCUT2D eigenvalue weighted by Gasteiger charge is 2.18. The maximum Gasteiger partial charge on any atom is 0.121 e. The molecule has 0 fully saturated rings. The fraction of sp³-hybridized carbons (Fsp3) is 0.833. The normalized spacial score (nSPS) is 19.6. The van der Waals surface area contributed by atoms with Crippen molar-refractivity contribution in [3.05, 3.63) is 0 Å². The van der Waals surface area contributed by atoms with E-state index in [9.17, 15) is 4.79 Å². The van der Waals surface area contributed by atoms with Gasteiger partial charge in [0.1, 0.15) is 6.29 Å². The van der Waals surface area contributed by atoms with E-state index in [0.717, 1.165) is 0 Å². The summed E-state index contributed by atoms with van der Waals surface area (Å²) < 4.78 is 0. The van der Waals surface area contributed by atoms with Gasteiger partial charge in [0, 0.05) is 12.5 Å². The number of hydrogen-bond acceptors (Lipinski definition) is 4. The van der Waals surface area contributed by atoms with Crippen LogP contribution in [-0.4, -0.2) is 34.7 Å². The maximum absolute atomic E-state index is 9.87. The lowest BCUT2D eigenvalue weighted by Gasteiger charge is -2.18. The number of aliphatic hydroxyl groups excluding tert-OH is 2. The Bertz CT molecular complexity index is 105. The third-order valence-corrected chi connectivity index (χ3v) is 1.30. The van der Waals surface area contributed by atoms with E-state index in [-0.39, 0.29) is 6.42 Å². The number of carbonyl (C=O) groups is 1. The summed E-state index contributed by atoms with van der Waals surface area (Å²) in [7, 11) is 0. The number of rotatable bonds is 4. The van der Waals surface area contributed by atoms with Crippen molar-refractivity contribution >= 4 is 6.29 Å². The molecule has 0 aliphatic carbocycles. The average Bonchev–Trinajstić information content (AvgIpc) is 1.87. The van der Waals surface area contributed by atoms with Crippen molar-refractivity contribution in [2.24, 2.45) is 5.73 Å². The summed E-state index contributed by atoms with van der Waals surface area (Å²) in [5.74, 6) is 0. The fourth-order valence-corrected chi connectivity index (χ4v) is 0.608. The van der Waals surface area contributed by atoms with Crippen molar-refractivity contribution in [3.8, 4) is 0 Å². The largest absolute Gasteiger partial charge is 0.391 e. The third-order valence-electron chi connectivity index (χ3n) is 1.30. The Morgan fingerprint density at radius 3 is 2.40 bits per heavy atom. The second-order valence-corrected chi connectivity index (χ2v) is 2.30. The molecule has 3 atom stereocenters. The van der Waals surface area contributed by atoms with Crippen LogP contribution in [0.1, 0.15) is 13.3 Å².